The van der Waals surface area contributed by atoms with E-state index >= 15 is 0 Å². The molecule has 0 spiro atoms. The molecule has 24 heavy (non-hydrogen) atoms. The minimum Gasteiger partial charge on any atom is -0.297 e. The lowest BCUT2D eigenvalue weighted by Crippen LogP contribution is -2.45. The van der Waals surface area contributed by atoms with Crippen LogP contribution in [0.15, 0.2) is 42.9 Å². The fraction of sp³-hybridized carbons (Fsp3) is 0.412. The monoisotopic (exact) mass is 336 g/mol. The van der Waals surface area contributed by atoms with Gasteiger partial charge in [-0.1, -0.05) is 0 Å². The lowest BCUT2D eigenvalue weighted by Gasteiger charge is -2.34. The van der Waals surface area contributed by atoms with Gasteiger partial charge in [-0.25, -0.2) is 0 Å². The second-order valence-electron chi connectivity index (χ2n) is 5.94. The summed E-state index contributed by atoms with van der Waals surface area (Å²) in [6, 6.07) is 6.59. The number of hydrogen-bond acceptors (Lipinski definition) is 4. The Morgan fingerprint density at radius 1 is 0.875 bits per heavy atom. The number of hydrogen-bond donors (Lipinski definition) is 0. The maximum Gasteiger partial charge on any atom is 0.417 e. The van der Waals surface area contributed by atoms with E-state index in [9.17, 15) is 13.2 Å². The molecule has 0 radical (unpaired) electrons. The van der Waals surface area contributed by atoms with Crippen molar-refractivity contribution in [2.24, 2.45) is 0 Å². The molecule has 4 nitrogen and oxygen atoms in total. The fourth-order valence-corrected chi connectivity index (χ4v) is 2.77. The predicted octanol–water partition coefficient (Wildman–Crippen LogP) is 2.81. The first-order valence-corrected chi connectivity index (χ1v) is 7.86. The molecule has 1 aliphatic rings. The summed E-state index contributed by atoms with van der Waals surface area (Å²) in [6.07, 6.45) is 0.170. The molecule has 0 N–H and O–H groups in total. The van der Waals surface area contributed by atoms with Crippen molar-refractivity contribution in [3.63, 3.8) is 0 Å². The molecule has 0 aromatic carbocycles. The summed E-state index contributed by atoms with van der Waals surface area (Å²) in [6.45, 7) is 5.11. The van der Waals surface area contributed by atoms with E-state index < -0.39 is 11.7 Å². The van der Waals surface area contributed by atoms with E-state index in [1.54, 1.807) is 12.4 Å². The van der Waals surface area contributed by atoms with Gasteiger partial charge in [-0.05, 0) is 29.8 Å². The Labute approximate surface area is 138 Å². The fourth-order valence-electron chi connectivity index (χ4n) is 2.77. The van der Waals surface area contributed by atoms with Crippen molar-refractivity contribution in [1.29, 1.82) is 0 Å². The lowest BCUT2D eigenvalue weighted by molar-refractivity contribution is -0.137. The molecule has 128 valence electrons. The highest BCUT2D eigenvalue weighted by molar-refractivity contribution is 5.17. The van der Waals surface area contributed by atoms with Crippen LogP contribution in [0.3, 0.4) is 0 Å². The normalized spacial score (nSPS) is 17.1. The van der Waals surface area contributed by atoms with Crippen LogP contribution in [-0.2, 0) is 19.3 Å². The van der Waals surface area contributed by atoms with Crippen LogP contribution in [0.2, 0.25) is 0 Å². The lowest BCUT2D eigenvalue weighted by atomic mass is 10.2. The van der Waals surface area contributed by atoms with Gasteiger partial charge in [-0.2, -0.15) is 13.2 Å². The minimum absolute atomic E-state index is 0.585. The molecule has 2 aromatic heterocycles. The Balaban J connectivity index is 1.48. The van der Waals surface area contributed by atoms with Crippen LogP contribution >= 0.6 is 0 Å². The third-order valence-electron chi connectivity index (χ3n) is 4.16. The van der Waals surface area contributed by atoms with Crippen molar-refractivity contribution in [2.75, 3.05) is 26.2 Å². The van der Waals surface area contributed by atoms with Crippen molar-refractivity contribution < 1.29 is 13.2 Å². The largest absolute Gasteiger partial charge is 0.417 e. The summed E-state index contributed by atoms with van der Waals surface area (Å²) in [5, 5.41) is 0. The summed E-state index contributed by atoms with van der Waals surface area (Å²) < 4.78 is 37.6. The molecular weight excluding hydrogens is 317 g/mol. The number of pyridine rings is 2. The van der Waals surface area contributed by atoms with Crippen LogP contribution in [0.1, 0.15) is 16.8 Å². The van der Waals surface area contributed by atoms with Gasteiger partial charge in [-0.3, -0.25) is 19.8 Å². The summed E-state index contributed by atoms with van der Waals surface area (Å²) in [5.41, 5.74) is 1.21. The molecule has 3 heterocycles. The molecule has 2 aromatic rings. The standard InChI is InChI=1S/C17H19F3N4/c18-17(19,20)15-1-2-16(22-11-15)13-24-9-7-23(8-10-24)12-14-3-5-21-6-4-14/h1-6,11H,7-10,12-13H2. The minimum atomic E-state index is -4.33. The first-order chi connectivity index (χ1) is 11.5. The Morgan fingerprint density at radius 3 is 2.04 bits per heavy atom. The maximum atomic E-state index is 12.5. The van der Waals surface area contributed by atoms with Gasteiger partial charge in [0.2, 0.25) is 0 Å². The van der Waals surface area contributed by atoms with E-state index in [2.05, 4.69) is 19.8 Å². The predicted molar refractivity (Wildman–Crippen MR) is 84.0 cm³/mol. The van der Waals surface area contributed by atoms with Crippen molar-refractivity contribution in [3.8, 4) is 0 Å². The molecule has 1 saturated heterocycles. The van der Waals surface area contributed by atoms with Crippen LogP contribution in [0.5, 0.6) is 0 Å². The highest BCUT2D eigenvalue weighted by Gasteiger charge is 2.30. The molecule has 0 aliphatic carbocycles. The third kappa shape index (κ3) is 4.52. The van der Waals surface area contributed by atoms with Gasteiger partial charge in [0, 0.05) is 57.9 Å². The summed E-state index contributed by atoms with van der Waals surface area (Å²) in [7, 11) is 0. The SMILES string of the molecule is FC(F)(F)c1ccc(CN2CCN(Cc3ccncc3)CC2)nc1. The van der Waals surface area contributed by atoms with Crippen LogP contribution < -0.4 is 0 Å². The molecule has 0 bridgehead atoms. The van der Waals surface area contributed by atoms with Gasteiger partial charge in [0.15, 0.2) is 0 Å². The van der Waals surface area contributed by atoms with Gasteiger partial charge in [0.25, 0.3) is 0 Å². The average molecular weight is 336 g/mol. The molecule has 0 amide bonds. The molecule has 1 aliphatic heterocycles. The molecule has 0 atom stereocenters. The molecule has 0 saturated carbocycles. The average Bonchev–Trinajstić information content (AvgIpc) is 2.57. The van der Waals surface area contributed by atoms with Gasteiger partial charge in [0.1, 0.15) is 0 Å². The number of halogens is 3. The van der Waals surface area contributed by atoms with Crippen molar-refractivity contribution in [3.05, 3.63) is 59.7 Å². The van der Waals surface area contributed by atoms with Crippen LogP contribution in [0.25, 0.3) is 0 Å². The Hall–Kier alpha value is -1.99. The second kappa shape index (κ2) is 7.27. The zero-order valence-corrected chi connectivity index (χ0v) is 13.2. The summed E-state index contributed by atoms with van der Waals surface area (Å²) in [5.74, 6) is 0. The molecule has 7 heteroatoms. The van der Waals surface area contributed by atoms with Crippen LogP contribution in [0.4, 0.5) is 13.2 Å². The van der Waals surface area contributed by atoms with Gasteiger partial charge < -0.3 is 0 Å². The van der Waals surface area contributed by atoms with Gasteiger partial charge >= 0.3 is 6.18 Å². The zero-order valence-electron chi connectivity index (χ0n) is 13.2. The summed E-state index contributed by atoms with van der Waals surface area (Å²) >= 11 is 0. The first kappa shape index (κ1) is 16.9. The van der Waals surface area contributed by atoms with Crippen molar-refractivity contribution in [1.82, 2.24) is 19.8 Å². The molecule has 0 unspecified atom stereocenters. The van der Waals surface area contributed by atoms with Gasteiger partial charge in [0.05, 0.1) is 11.3 Å². The number of rotatable bonds is 4. The Morgan fingerprint density at radius 2 is 1.50 bits per heavy atom. The Bertz CT molecular complexity index is 635. The molecule has 1 fully saturated rings. The number of aromatic nitrogens is 2. The summed E-state index contributed by atoms with van der Waals surface area (Å²) in [4.78, 5) is 12.5. The number of alkyl halides is 3. The number of nitrogens with zero attached hydrogens (tertiary/aromatic N) is 4. The Kier molecular flexibility index (Phi) is 5.11. The highest BCUT2D eigenvalue weighted by atomic mass is 19.4. The van der Waals surface area contributed by atoms with Crippen LogP contribution in [0, 0.1) is 0 Å². The smallest absolute Gasteiger partial charge is 0.297 e. The van der Waals surface area contributed by atoms with E-state index in [4.69, 9.17) is 0 Å². The highest BCUT2D eigenvalue weighted by Crippen LogP contribution is 2.28. The van der Waals surface area contributed by atoms with Gasteiger partial charge in [-0.15, -0.1) is 0 Å². The zero-order chi connectivity index (χ0) is 17.0. The third-order valence-corrected chi connectivity index (χ3v) is 4.16. The second-order valence-corrected chi connectivity index (χ2v) is 5.94. The molecular formula is C17H19F3N4. The van der Waals surface area contributed by atoms with E-state index in [0.29, 0.717) is 12.2 Å². The first-order valence-electron chi connectivity index (χ1n) is 7.86. The maximum absolute atomic E-state index is 12.5. The van der Waals surface area contributed by atoms with Crippen molar-refractivity contribution in [2.45, 2.75) is 19.3 Å². The topological polar surface area (TPSA) is 32.3 Å². The van der Waals surface area contributed by atoms with Crippen LogP contribution in [-0.4, -0.2) is 45.9 Å². The quantitative estimate of drug-likeness (QED) is 0.859. The van der Waals surface area contributed by atoms with E-state index in [1.165, 1.54) is 11.6 Å². The number of piperazine rings is 1. The van der Waals surface area contributed by atoms with E-state index in [-0.39, 0.29) is 0 Å². The molecule has 3 rings (SSSR count). The van der Waals surface area contributed by atoms with E-state index in [0.717, 1.165) is 45.0 Å². The van der Waals surface area contributed by atoms with Crippen molar-refractivity contribution >= 4 is 0 Å². The van der Waals surface area contributed by atoms with E-state index in [1.807, 2.05) is 12.1 Å².